The summed E-state index contributed by atoms with van der Waals surface area (Å²) in [6, 6.07) is 17.6. The lowest BCUT2D eigenvalue weighted by atomic mass is 9.84. The number of nitrogens with one attached hydrogen (secondary N) is 2. The van der Waals surface area contributed by atoms with E-state index in [4.69, 9.17) is 52.2 Å². The summed E-state index contributed by atoms with van der Waals surface area (Å²) >= 11 is 12.8. The minimum atomic E-state index is -1.44. The van der Waals surface area contributed by atoms with Gasteiger partial charge in [-0.05, 0) is 54.1 Å². The van der Waals surface area contributed by atoms with Crippen molar-refractivity contribution in [3.05, 3.63) is 100 Å². The van der Waals surface area contributed by atoms with Crippen molar-refractivity contribution in [2.24, 2.45) is 4.99 Å². The molecule has 0 unspecified atom stereocenters. The van der Waals surface area contributed by atoms with Gasteiger partial charge in [-0.15, -0.1) is 6.58 Å². The first-order chi connectivity index (χ1) is 20.3. The van der Waals surface area contributed by atoms with E-state index < -0.39 is 17.6 Å². The summed E-state index contributed by atoms with van der Waals surface area (Å²) in [5, 5.41) is 9.79. The van der Waals surface area contributed by atoms with Gasteiger partial charge in [-0.2, -0.15) is 0 Å². The Bertz CT molecular complexity index is 1410. The Balaban J connectivity index is 1.64. The van der Waals surface area contributed by atoms with Crippen LogP contribution >= 0.6 is 23.2 Å². The average Bonchev–Trinajstić information content (AvgIpc) is 3.37. The van der Waals surface area contributed by atoms with E-state index >= 15 is 0 Å². The minimum Gasteiger partial charge on any atom is -0.497 e. The summed E-state index contributed by atoms with van der Waals surface area (Å²) in [7, 11) is 3.14. The van der Waals surface area contributed by atoms with Gasteiger partial charge in [0.2, 0.25) is 5.90 Å². The molecule has 0 spiro atoms. The fourth-order valence-corrected chi connectivity index (χ4v) is 5.04. The normalized spacial score (nSPS) is 17.6. The van der Waals surface area contributed by atoms with Crippen LogP contribution in [-0.4, -0.2) is 49.9 Å². The Morgan fingerprint density at radius 1 is 1.07 bits per heavy atom. The average molecular weight is 615 g/mol. The molecule has 1 heterocycles. The maximum atomic E-state index is 14.0. The van der Waals surface area contributed by atoms with E-state index in [0.29, 0.717) is 51.4 Å². The van der Waals surface area contributed by atoms with E-state index in [-0.39, 0.29) is 25.5 Å². The maximum absolute atomic E-state index is 14.0. The van der Waals surface area contributed by atoms with Gasteiger partial charge in [0.1, 0.15) is 17.2 Å². The summed E-state index contributed by atoms with van der Waals surface area (Å²) in [4.78, 5) is 18.8. The van der Waals surface area contributed by atoms with Gasteiger partial charge in [0.25, 0.3) is 5.91 Å². The number of nitrogens with zero attached hydrogens (tertiary/aromatic N) is 1. The zero-order valence-corrected chi connectivity index (χ0v) is 24.9. The number of rotatable bonds is 14. The molecule has 1 amide bonds. The lowest BCUT2D eigenvalue weighted by Gasteiger charge is -2.30. The standard InChI is InChI=1S/C31H33Cl2N3O6/c1-4-12-31(30(38)36-34-19-20-15-24(39-2)18-25(16-20)40-3)28(26-11-8-22(32)17-27(26)33)42-29(35-31)21-6-9-23(10-7-21)41-14-5-13-37/h4,6-11,15-18,28,34,37H,1,5,12-14,19H2,2-3H3,(H,36,38)/t28-,31-/m0/s1. The Kier molecular flexibility index (Phi) is 10.7. The maximum Gasteiger partial charge on any atom is 0.266 e. The van der Waals surface area contributed by atoms with Crippen LogP contribution in [0.15, 0.2) is 78.3 Å². The van der Waals surface area contributed by atoms with Crippen molar-refractivity contribution in [1.82, 2.24) is 10.9 Å². The van der Waals surface area contributed by atoms with Crippen LogP contribution in [0.2, 0.25) is 10.0 Å². The fraction of sp³-hybridized carbons (Fsp3) is 0.290. The lowest BCUT2D eigenvalue weighted by Crippen LogP contribution is -2.52. The fourth-order valence-electron chi connectivity index (χ4n) is 4.53. The molecular weight excluding hydrogens is 581 g/mol. The first-order valence-electron chi connectivity index (χ1n) is 13.2. The predicted octanol–water partition coefficient (Wildman–Crippen LogP) is 5.43. The number of hydrogen-bond donors (Lipinski definition) is 3. The molecule has 11 heteroatoms. The Hall–Kier alpha value is -3.76. The molecule has 42 heavy (non-hydrogen) atoms. The van der Waals surface area contributed by atoms with Gasteiger partial charge >= 0.3 is 0 Å². The van der Waals surface area contributed by atoms with Crippen molar-refractivity contribution in [2.75, 3.05) is 27.4 Å². The third kappa shape index (κ3) is 7.17. The monoisotopic (exact) mass is 613 g/mol. The van der Waals surface area contributed by atoms with Gasteiger partial charge < -0.3 is 24.1 Å². The molecule has 0 saturated heterocycles. The molecule has 0 aliphatic carbocycles. The quantitative estimate of drug-likeness (QED) is 0.126. The van der Waals surface area contributed by atoms with Crippen LogP contribution in [0.3, 0.4) is 0 Å². The molecule has 0 aromatic heterocycles. The van der Waals surface area contributed by atoms with Gasteiger partial charge in [0, 0.05) is 53.2 Å². The number of halogens is 2. The van der Waals surface area contributed by atoms with Crippen molar-refractivity contribution in [1.29, 1.82) is 0 Å². The highest BCUT2D eigenvalue weighted by Crippen LogP contribution is 2.45. The number of aliphatic hydroxyl groups is 1. The van der Waals surface area contributed by atoms with E-state index in [9.17, 15) is 4.79 Å². The van der Waals surface area contributed by atoms with Crippen molar-refractivity contribution >= 4 is 35.0 Å². The van der Waals surface area contributed by atoms with Crippen molar-refractivity contribution in [3.63, 3.8) is 0 Å². The summed E-state index contributed by atoms with van der Waals surface area (Å²) in [5.74, 6) is 1.72. The SMILES string of the molecule is C=CC[C@]1(C(=O)NNCc2cc(OC)cc(OC)c2)N=C(c2ccc(OCCCO)cc2)O[C@H]1c1ccc(Cl)cc1Cl. The third-order valence-corrected chi connectivity index (χ3v) is 7.20. The first kappa shape index (κ1) is 31.2. The molecular formula is C31H33Cl2N3O6. The molecule has 222 valence electrons. The first-order valence-corrected chi connectivity index (χ1v) is 14.0. The summed E-state index contributed by atoms with van der Waals surface area (Å²) in [6.07, 6.45) is 1.43. The summed E-state index contributed by atoms with van der Waals surface area (Å²) in [6.45, 7) is 4.61. The number of carbonyl (C=O) groups excluding carboxylic acids is 1. The molecule has 1 aliphatic heterocycles. The number of hydrazine groups is 1. The summed E-state index contributed by atoms with van der Waals surface area (Å²) < 4.78 is 22.7. The molecule has 0 radical (unpaired) electrons. The number of methoxy groups -OCH3 is 2. The Morgan fingerprint density at radius 3 is 2.40 bits per heavy atom. The Labute approximate surface area is 255 Å². The van der Waals surface area contributed by atoms with Crippen molar-refractivity contribution in [2.45, 2.75) is 31.0 Å². The zero-order valence-electron chi connectivity index (χ0n) is 23.4. The zero-order chi connectivity index (χ0) is 30.1. The topological polar surface area (TPSA) is 111 Å². The van der Waals surface area contributed by atoms with Crippen LogP contribution in [-0.2, 0) is 16.1 Å². The molecule has 9 nitrogen and oxygen atoms in total. The molecule has 3 N–H and O–H groups in total. The van der Waals surface area contributed by atoms with E-state index in [2.05, 4.69) is 17.4 Å². The highest BCUT2D eigenvalue weighted by molar-refractivity contribution is 6.35. The number of hydrogen-bond acceptors (Lipinski definition) is 8. The lowest BCUT2D eigenvalue weighted by molar-refractivity contribution is -0.129. The number of aliphatic imine (C=N–C) groups is 1. The van der Waals surface area contributed by atoms with Gasteiger partial charge in [-0.3, -0.25) is 10.2 Å². The predicted molar refractivity (Wildman–Crippen MR) is 163 cm³/mol. The highest BCUT2D eigenvalue weighted by Gasteiger charge is 2.53. The van der Waals surface area contributed by atoms with Gasteiger partial charge in [0.05, 0.1) is 20.8 Å². The second-order valence-electron chi connectivity index (χ2n) is 9.48. The van der Waals surface area contributed by atoms with E-state index in [0.717, 1.165) is 5.56 Å². The van der Waals surface area contributed by atoms with Crippen LogP contribution < -0.4 is 25.1 Å². The molecule has 0 bridgehead atoms. The molecule has 0 fully saturated rings. The van der Waals surface area contributed by atoms with Gasteiger partial charge in [-0.25, -0.2) is 10.4 Å². The van der Waals surface area contributed by atoms with Crippen LogP contribution in [0.25, 0.3) is 0 Å². The van der Waals surface area contributed by atoms with E-state index in [1.165, 1.54) is 0 Å². The van der Waals surface area contributed by atoms with Crippen molar-refractivity contribution < 1.29 is 28.8 Å². The van der Waals surface area contributed by atoms with Gasteiger partial charge in [0.15, 0.2) is 11.6 Å². The number of carbonyl (C=O) groups is 1. The molecule has 2 atom stereocenters. The Morgan fingerprint density at radius 2 is 1.79 bits per heavy atom. The molecule has 3 aromatic rings. The summed E-state index contributed by atoms with van der Waals surface area (Å²) in [5.41, 5.74) is 6.38. The molecule has 1 aliphatic rings. The largest absolute Gasteiger partial charge is 0.497 e. The number of ether oxygens (including phenoxy) is 4. The number of amides is 1. The second-order valence-corrected chi connectivity index (χ2v) is 10.3. The number of benzene rings is 3. The van der Waals surface area contributed by atoms with Crippen LogP contribution in [0.1, 0.15) is 35.6 Å². The van der Waals surface area contributed by atoms with E-state index in [1.54, 1.807) is 68.8 Å². The molecule has 3 aromatic carbocycles. The highest BCUT2D eigenvalue weighted by atomic mass is 35.5. The van der Waals surface area contributed by atoms with Crippen LogP contribution in [0, 0.1) is 0 Å². The molecule has 4 rings (SSSR count). The van der Waals surface area contributed by atoms with E-state index in [1.807, 2.05) is 12.1 Å². The second kappa shape index (κ2) is 14.4. The van der Waals surface area contributed by atoms with Crippen LogP contribution in [0.4, 0.5) is 0 Å². The van der Waals surface area contributed by atoms with Crippen molar-refractivity contribution in [3.8, 4) is 17.2 Å². The van der Waals surface area contributed by atoms with Crippen LogP contribution in [0.5, 0.6) is 17.2 Å². The van der Waals surface area contributed by atoms with Gasteiger partial charge in [-0.1, -0.05) is 35.3 Å². The smallest absolute Gasteiger partial charge is 0.266 e. The minimum absolute atomic E-state index is 0.0490. The number of aliphatic hydroxyl groups excluding tert-OH is 1. The third-order valence-electron chi connectivity index (χ3n) is 6.64. The molecule has 0 saturated carbocycles.